The summed E-state index contributed by atoms with van der Waals surface area (Å²) >= 11 is 0. The third kappa shape index (κ3) is 3.89. The first-order valence-corrected chi connectivity index (χ1v) is 10.7. The molecule has 4 nitrogen and oxygen atoms in total. The van der Waals surface area contributed by atoms with Gasteiger partial charge in [0.05, 0.1) is 6.04 Å². The second-order valence-electron chi connectivity index (χ2n) is 8.37. The molecule has 0 spiro atoms. The number of anilines is 2. The van der Waals surface area contributed by atoms with Gasteiger partial charge in [0.1, 0.15) is 0 Å². The van der Waals surface area contributed by atoms with Gasteiger partial charge in [0.2, 0.25) is 0 Å². The summed E-state index contributed by atoms with van der Waals surface area (Å²) in [4.78, 5) is 14.6. The lowest BCUT2D eigenvalue weighted by molar-refractivity contribution is 0.0953. The Kier molecular flexibility index (Phi) is 5.61. The number of hydrogen-bond acceptors (Lipinski definition) is 3. The molecule has 4 heteroatoms. The predicted octanol–water partition coefficient (Wildman–Crippen LogP) is 5.11. The Balaban J connectivity index is 1.59. The largest absolute Gasteiger partial charge is 0.378 e. The van der Waals surface area contributed by atoms with E-state index in [0.29, 0.717) is 11.8 Å². The van der Waals surface area contributed by atoms with Crippen molar-refractivity contribution in [1.29, 1.82) is 0 Å². The highest BCUT2D eigenvalue weighted by atomic mass is 16.1. The summed E-state index contributed by atoms with van der Waals surface area (Å²) in [5, 5.41) is 6.80. The van der Waals surface area contributed by atoms with Crippen molar-refractivity contribution < 1.29 is 4.79 Å². The maximum atomic E-state index is 12.5. The zero-order chi connectivity index (χ0) is 20.4. The molecule has 1 amide bonds. The summed E-state index contributed by atoms with van der Waals surface area (Å²) in [7, 11) is 4.13. The van der Waals surface area contributed by atoms with Crippen LogP contribution in [0.2, 0.25) is 0 Å². The molecule has 1 heterocycles. The second kappa shape index (κ2) is 8.32. The molecular weight excluding hydrogens is 358 g/mol. The summed E-state index contributed by atoms with van der Waals surface area (Å²) in [6.45, 7) is 2.87. The summed E-state index contributed by atoms with van der Waals surface area (Å²) in [5.74, 6) is 0.862. The molecule has 2 aromatic carbocycles. The number of rotatable bonds is 6. The number of unbranched alkanes of at least 4 members (excludes halogenated alkanes) is 1. The van der Waals surface area contributed by atoms with E-state index < -0.39 is 0 Å². The molecule has 0 saturated carbocycles. The number of allylic oxidation sites excluding steroid dienone is 2. The van der Waals surface area contributed by atoms with Crippen LogP contribution < -0.4 is 15.5 Å². The number of fused-ring (bicyclic) bond motifs is 3. The van der Waals surface area contributed by atoms with Gasteiger partial charge in [-0.15, -0.1) is 0 Å². The second-order valence-corrected chi connectivity index (χ2v) is 8.37. The van der Waals surface area contributed by atoms with Gasteiger partial charge in [-0.3, -0.25) is 4.79 Å². The highest BCUT2D eigenvalue weighted by Gasteiger charge is 2.38. The highest BCUT2D eigenvalue weighted by Crippen LogP contribution is 2.50. The maximum Gasteiger partial charge on any atom is 0.251 e. The average Bonchev–Trinajstić information content (AvgIpc) is 3.23. The van der Waals surface area contributed by atoms with Crippen molar-refractivity contribution in [3.63, 3.8) is 0 Å². The van der Waals surface area contributed by atoms with Crippen molar-refractivity contribution in [2.45, 2.75) is 38.1 Å². The molecule has 3 atom stereocenters. The van der Waals surface area contributed by atoms with Crippen LogP contribution in [0.15, 0.2) is 54.6 Å². The van der Waals surface area contributed by atoms with Gasteiger partial charge in [-0.1, -0.05) is 37.6 Å². The monoisotopic (exact) mass is 389 g/mol. The number of nitrogens with zero attached hydrogens (tertiary/aromatic N) is 1. The number of carbonyl (C=O) groups excluding carboxylic acids is 1. The van der Waals surface area contributed by atoms with E-state index in [-0.39, 0.29) is 11.9 Å². The molecule has 29 heavy (non-hydrogen) atoms. The van der Waals surface area contributed by atoms with E-state index in [9.17, 15) is 4.79 Å². The lowest BCUT2D eigenvalue weighted by Crippen LogP contribution is -2.30. The summed E-state index contributed by atoms with van der Waals surface area (Å²) in [6, 6.07) is 15.2. The summed E-state index contributed by atoms with van der Waals surface area (Å²) < 4.78 is 0. The highest BCUT2D eigenvalue weighted by molar-refractivity contribution is 5.95. The van der Waals surface area contributed by atoms with E-state index in [1.165, 1.54) is 16.8 Å². The minimum absolute atomic E-state index is 0.0289. The Hall–Kier alpha value is -2.75. The molecule has 2 aliphatic rings. The van der Waals surface area contributed by atoms with Gasteiger partial charge < -0.3 is 15.5 Å². The SMILES string of the molecule is CCCCNC(=O)c1ccc2c(c1)C1C=CCC1C(c1ccc(N(C)C)cc1)N2. The smallest absolute Gasteiger partial charge is 0.251 e. The van der Waals surface area contributed by atoms with Gasteiger partial charge in [0.25, 0.3) is 5.91 Å². The normalized spacial score (nSPS) is 21.8. The lowest BCUT2D eigenvalue weighted by Gasteiger charge is -2.38. The van der Waals surface area contributed by atoms with Crippen LogP contribution in [-0.2, 0) is 0 Å². The molecule has 0 saturated heterocycles. The molecule has 0 radical (unpaired) electrons. The minimum atomic E-state index is 0.0289. The zero-order valence-electron chi connectivity index (χ0n) is 17.6. The third-order valence-electron chi connectivity index (χ3n) is 6.21. The van der Waals surface area contributed by atoms with Crippen molar-refractivity contribution in [3.05, 3.63) is 71.3 Å². The molecule has 1 aliphatic carbocycles. The number of nitrogens with one attached hydrogen (secondary N) is 2. The Labute approximate surface area is 174 Å². The van der Waals surface area contributed by atoms with E-state index in [1.54, 1.807) is 0 Å². The van der Waals surface area contributed by atoms with Crippen LogP contribution >= 0.6 is 0 Å². The lowest BCUT2D eigenvalue weighted by atomic mass is 9.76. The van der Waals surface area contributed by atoms with Crippen molar-refractivity contribution in [2.75, 3.05) is 30.9 Å². The molecular formula is C25H31N3O. The van der Waals surface area contributed by atoms with E-state index in [2.05, 4.69) is 85.1 Å². The fourth-order valence-electron chi connectivity index (χ4n) is 4.53. The molecule has 0 aromatic heterocycles. The average molecular weight is 390 g/mol. The topological polar surface area (TPSA) is 44.4 Å². The summed E-state index contributed by atoms with van der Waals surface area (Å²) in [5.41, 5.74) is 5.68. The number of amides is 1. The maximum absolute atomic E-state index is 12.5. The fourth-order valence-corrected chi connectivity index (χ4v) is 4.53. The molecule has 3 unspecified atom stereocenters. The standard InChI is InChI=1S/C25H31N3O/c1-4-5-15-26-25(29)18-11-14-23-22(16-18)20-7-6-8-21(20)24(27-23)17-9-12-19(13-10-17)28(2)3/h6-7,9-14,16,20-21,24,27H,4-5,8,15H2,1-3H3,(H,26,29). The molecule has 152 valence electrons. The Morgan fingerprint density at radius 3 is 2.69 bits per heavy atom. The van der Waals surface area contributed by atoms with Crippen LogP contribution in [0.25, 0.3) is 0 Å². The Bertz CT molecular complexity index is 901. The van der Waals surface area contributed by atoms with E-state index in [0.717, 1.165) is 37.1 Å². The molecule has 4 rings (SSSR count). The molecule has 1 aliphatic heterocycles. The van der Waals surface area contributed by atoms with Crippen LogP contribution in [0, 0.1) is 5.92 Å². The van der Waals surface area contributed by atoms with Gasteiger partial charge in [-0.25, -0.2) is 0 Å². The predicted molar refractivity (Wildman–Crippen MR) is 121 cm³/mol. The van der Waals surface area contributed by atoms with E-state index >= 15 is 0 Å². The first kappa shape index (κ1) is 19.6. The van der Waals surface area contributed by atoms with Crippen molar-refractivity contribution in [1.82, 2.24) is 5.32 Å². The van der Waals surface area contributed by atoms with Crippen molar-refractivity contribution in [3.8, 4) is 0 Å². The van der Waals surface area contributed by atoms with Gasteiger partial charge in [-0.2, -0.15) is 0 Å². The van der Waals surface area contributed by atoms with E-state index in [1.807, 2.05) is 6.07 Å². The van der Waals surface area contributed by atoms with Crippen molar-refractivity contribution >= 4 is 17.3 Å². The molecule has 2 N–H and O–H groups in total. The Morgan fingerprint density at radius 1 is 1.17 bits per heavy atom. The van der Waals surface area contributed by atoms with Crippen LogP contribution in [0.1, 0.15) is 59.6 Å². The van der Waals surface area contributed by atoms with Gasteiger partial charge in [-0.05, 0) is 60.2 Å². The molecule has 0 fully saturated rings. The summed E-state index contributed by atoms with van der Waals surface area (Å²) in [6.07, 6.45) is 7.77. The van der Waals surface area contributed by atoms with Crippen LogP contribution in [0.3, 0.4) is 0 Å². The van der Waals surface area contributed by atoms with Gasteiger partial charge >= 0.3 is 0 Å². The number of carbonyl (C=O) groups is 1. The number of hydrogen-bond donors (Lipinski definition) is 2. The first-order chi connectivity index (χ1) is 14.1. The minimum Gasteiger partial charge on any atom is -0.378 e. The van der Waals surface area contributed by atoms with Gasteiger partial charge in [0, 0.05) is 43.5 Å². The first-order valence-electron chi connectivity index (χ1n) is 10.7. The van der Waals surface area contributed by atoms with E-state index in [4.69, 9.17) is 0 Å². The van der Waals surface area contributed by atoms with Gasteiger partial charge in [0.15, 0.2) is 0 Å². The van der Waals surface area contributed by atoms with Crippen LogP contribution in [0.5, 0.6) is 0 Å². The van der Waals surface area contributed by atoms with Crippen LogP contribution in [0.4, 0.5) is 11.4 Å². The van der Waals surface area contributed by atoms with Crippen LogP contribution in [-0.4, -0.2) is 26.5 Å². The zero-order valence-corrected chi connectivity index (χ0v) is 17.6. The number of benzene rings is 2. The molecule has 2 aromatic rings. The Morgan fingerprint density at radius 2 is 1.97 bits per heavy atom. The third-order valence-corrected chi connectivity index (χ3v) is 6.21. The van der Waals surface area contributed by atoms with Crippen molar-refractivity contribution in [2.24, 2.45) is 5.92 Å². The molecule has 0 bridgehead atoms. The fraction of sp³-hybridized carbons (Fsp3) is 0.400. The quantitative estimate of drug-likeness (QED) is 0.533.